The second kappa shape index (κ2) is 5.28. The molecule has 4 saturated carbocycles. The Balaban J connectivity index is 1.68. The van der Waals surface area contributed by atoms with Crippen molar-refractivity contribution in [2.45, 2.75) is 56.5 Å². The molecule has 0 unspecified atom stereocenters. The van der Waals surface area contributed by atoms with Gasteiger partial charge in [-0.1, -0.05) is 0 Å². The summed E-state index contributed by atoms with van der Waals surface area (Å²) in [6.07, 6.45) is 10.7. The Bertz CT molecular complexity index is 323. The van der Waals surface area contributed by atoms with Gasteiger partial charge in [-0.3, -0.25) is 10.1 Å². The fourth-order valence-corrected chi connectivity index (χ4v) is 5.62. The zero-order valence-electron chi connectivity index (χ0n) is 11.7. The Morgan fingerprint density at radius 2 is 1.79 bits per heavy atom. The van der Waals surface area contributed by atoms with Gasteiger partial charge in [-0.15, -0.1) is 0 Å². The minimum absolute atomic E-state index is 0.163. The second-order valence-electron chi connectivity index (χ2n) is 7.01. The van der Waals surface area contributed by atoms with E-state index in [2.05, 4.69) is 5.32 Å². The van der Waals surface area contributed by atoms with E-state index >= 15 is 0 Å². The molecule has 4 rings (SSSR count). The number of carboxylic acid groups (broad SMARTS) is 1. The molecule has 0 radical (unpaired) electrons. The maximum absolute atomic E-state index is 11.5. The smallest absolute Gasteiger partial charge is 0.320 e. The number of carboxylic acids is 1. The van der Waals surface area contributed by atoms with Crippen molar-refractivity contribution >= 4 is 17.7 Å². The van der Waals surface area contributed by atoms with Gasteiger partial charge in [0.15, 0.2) is 0 Å². The van der Waals surface area contributed by atoms with Crippen molar-refractivity contribution in [1.29, 1.82) is 0 Å². The van der Waals surface area contributed by atoms with Crippen LogP contribution < -0.4 is 5.32 Å². The molecule has 0 aromatic carbocycles. The van der Waals surface area contributed by atoms with Gasteiger partial charge in [0.25, 0.3) is 0 Å². The molecule has 0 aromatic rings. The second-order valence-corrected chi connectivity index (χ2v) is 8.00. The van der Waals surface area contributed by atoms with E-state index < -0.39 is 5.97 Å². The molecule has 19 heavy (non-hydrogen) atoms. The standard InChI is InChI=1S/C15H25NO2S/c1-19-3-2-13(14(17)18)16-15-7-10-4-11(8-15)6-12(5-10)9-15/h10-13,16H,2-9H2,1H3,(H,17,18)/t10?,11?,12?,13-,15?/m0/s1. The van der Waals surface area contributed by atoms with Crippen LogP contribution in [0.15, 0.2) is 0 Å². The fourth-order valence-electron chi connectivity index (χ4n) is 5.15. The number of thioether (sulfide) groups is 1. The van der Waals surface area contributed by atoms with Gasteiger partial charge >= 0.3 is 5.97 Å². The van der Waals surface area contributed by atoms with E-state index in [0.29, 0.717) is 0 Å². The molecule has 0 amide bonds. The van der Waals surface area contributed by atoms with Gasteiger partial charge in [0.2, 0.25) is 0 Å². The first kappa shape index (κ1) is 13.7. The molecule has 0 heterocycles. The molecule has 108 valence electrons. The molecule has 0 spiro atoms. The largest absolute Gasteiger partial charge is 0.480 e. The van der Waals surface area contributed by atoms with E-state index in [1.807, 2.05) is 6.26 Å². The Labute approximate surface area is 119 Å². The van der Waals surface area contributed by atoms with Crippen LogP contribution in [0.2, 0.25) is 0 Å². The molecule has 3 nitrogen and oxygen atoms in total. The molecule has 2 N–H and O–H groups in total. The lowest BCUT2D eigenvalue weighted by Gasteiger charge is -2.57. The predicted octanol–water partition coefficient (Wildman–Crippen LogP) is 2.75. The summed E-state index contributed by atoms with van der Waals surface area (Å²) < 4.78 is 0. The number of nitrogens with one attached hydrogen (secondary N) is 1. The highest BCUT2D eigenvalue weighted by Gasteiger charge is 2.51. The van der Waals surface area contributed by atoms with Crippen LogP contribution >= 0.6 is 11.8 Å². The van der Waals surface area contributed by atoms with Crippen LogP contribution in [-0.4, -0.2) is 34.7 Å². The molecule has 4 aliphatic carbocycles. The summed E-state index contributed by atoms with van der Waals surface area (Å²) in [5.41, 5.74) is 0.163. The summed E-state index contributed by atoms with van der Waals surface area (Å²) in [4.78, 5) is 11.5. The lowest BCUT2D eigenvalue weighted by molar-refractivity contribution is -0.141. The van der Waals surface area contributed by atoms with Gasteiger partial charge in [0.1, 0.15) is 6.04 Å². The first-order valence-electron chi connectivity index (χ1n) is 7.60. The van der Waals surface area contributed by atoms with E-state index in [1.165, 1.54) is 38.5 Å². The van der Waals surface area contributed by atoms with Crippen molar-refractivity contribution < 1.29 is 9.90 Å². The van der Waals surface area contributed by atoms with Crippen molar-refractivity contribution in [3.63, 3.8) is 0 Å². The highest BCUT2D eigenvalue weighted by Crippen LogP contribution is 2.55. The highest BCUT2D eigenvalue weighted by molar-refractivity contribution is 7.98. The Hall–Kier alpha value is -0.220. The molecule has 4 fully saturated rings. The third-order valence-electron chi connectivity index (χ3n) is 5.43. The first-order valence-corrected chi connectivity index (χ1v) is 8.99. The van der Waals surface area contributed by atoms with E-state index in [0.717, 1.165) is 29.9 Å². The van der Waals surface area contributed by atoms with Crippen LogP contribution in [0.5, 0.6) is 0 Å². The third kappa shape index (κ3) is 2.80. The maximum atomic E-state index is 11.5. The SMILES string of the molecule is CSCC[C@H](NC12CC3CC(CC(C3)C1)C2)C(=O)O. The monoisotopic (exact) mass is 283 g/mol. The van der Waals surface area contributed by atoms with Crippen LogP contribution in [-0.2, 0) is 4.79 Å². The topological polar surface area (TPSA) is 49.3 Å². The van der Waals surface area contributed by atoms with Gasteiger partial charge in [-0.2, -0.15) is 11.8 Å². The summed E-state index contributed by atoms with van der Waals surface area (Å²) >= 11 is 1.74. The van der Waals surface area contributed by atoms with Gasteiger partial charge in [-0.05, 0) is 74.7 Å². The molecule has 1 atom stereocenters. The van der Waals surface area contributed by atoms with Crippen molar-refractivity contribution in [2.75, 3.05) is 12.0 Å². The van der Waals surface area contributed by atoms with Gasteiger partial charge < -0.3 is 5.11 Å². The lowest BCUT2D eigenvalue weighted by Crippen LogP contribution is -2.62. The number of carbonyl (C=O) groups is 1. The number of hydrogen-bond acceptors (Lipinski definition) is 3. The van der Waals surface area contributed by atoms with Crippen molar-refractivity contribution in [2.24, 2.45) is 17.8 Å². The number of aliphatic carboxylic acids is 1. The summed E-state index contributed by atoms with van der Waals surface area (Å²) in [6, 6.07) is -0.344. The summed E-state index contributed by atoms with van der Waals surface area (Å²) in [7, 11) is 0. The van der Waals surface area contributed by atoms with E-state index in [4.69, 9.17) is 0 Å². The van der Waals surface area contributed by atoms with Gasteiger partial charge in [-0.25, -0.2) is 0 Å². The van der Waals surface area contributed by atoms with Crippen LogP contribution in [0.3, 0.4) is 0 Å². The minimum atomic E-state index is -0.662. The van der Waals surface area contributed by atoms with Crippen LogP contribution in [0.4, 0.5) is 0 Å². The van der Waals surface area contributed by atoms with Gasteiger partial charge in [0.05, 0.1) is 0 Å². The van der Waals surface area contributed by atoms with Crippen LogP contribution in [0.1, 0.15) is 44.9 Å². The van der Waals surface area contributed by atoms with Crippen molar-refractivity contribution in [3.05, 3.63) is 0 Å². The Morgan fingerprint density at radius 3 is 2.21 bits per heavy atom. The fraction of sp³-hybridized carbons (Fsp3) is 0.933. The molecule has 4 bridgehead atoms. The predicted molar refractivity (Wildman–Crippen MR) is 78.5 cm³/mol. The average Bonchev–Trinajstić information content (AvgIpc) is 2.32. The molecule has 4 heteroatoms. The Kier molecular flexibility index (Phi) is 3.82. The molecular formula is C15H25NO2S. The van der Waals surface area contributed by atoms with Crippen LogP contribution in [0, 0.1) is 17.8 Å². The number of hydrogen-bond donors (Lipinski definition) is 2. The van der Waals surface area contributed by atoms with Crippen molar-refractivity contribution in [3.8, 4) is 0 Å². The van der Waals surface area contributed by atoms with Crippen LogP contribution in [0.25, 0.3) is 0 Å². The Morgan fingerprint density at radius 1 is 1.26 bits per heavy atom. The molecule has 4 aliphatic rings. The van der Waals surface area contributed by atoms with E-state index in [1.54, 1.807) is 11.8 Å². The van der Waals surface area contributed by atoms with Crippen molar-refractivity contribution in [1.82, 2.24) is 5.32 Å². The maximum Gasteiger partial charge on any atom is 0.320 e. The highest BCUT2D eigenvalue weighted by atomic mass is 32.2. The lowest BCUT2D eigenvalue weighted by atomic mass is 9.53. The number of rotatable bonds is 6. The quantitative estimate of drug-likeness (QED) is 0.787. The summed E-state index contributed by atoms with van der Waals surface area (Å²) in [5, 5.41) is 13.0. The zero-order chi connectivity index (χ0) is 13.5. The average molecular weight is 283 g/mol. The van der Waals surface area contributed by atoms with E-state index in [9.17, 15) is 9.90 Å². The summed E-state index contributed by atoms with van der Waals surface area (Å²) in [6.45, 7) is 0. The normalized spacial score (nSPS) is 41.4. The zero-order valence-corrected chi connectivity index (χ0v) is 12.5. The molecule has 0 saturated heterocycles. The molecule has 0 aromatic heterocycles. The minimum Gasteiger partial charge on any atom is -0.480 e. The summed E-state index contributed by atoms with van der Waals surface area (Å²) in [5.74, 6) is 2.87. The molecule has 0 aliphatic heterocycles. The first-order chi connectivity index (χ1) is 9.10. The van der Waals surface area contributed by atoms with Gasteiger partial charge in [0, 0.05) is 5.54 Å². The van der Waals surface area contributed by atoms with E-state index in [-0.39, 0.29) is 11.6 Å². The molecular weight excluding hydrogens is 258 g/mol. The third-order valence-corrected chi connectivity index (χ3v) is 6.07.